The highest BCUT2D eigenvalue weighted by Gasteiger charge is 2.26. The van der Waals surface area contributed by atoms with Crippen LogP contribution in [0.2, 0.25) is 0 Å². The van der Waals surface area contributed by atoms with Gasteiger partial charge in [-0.3, -0.25) is 4.79 Å². The third-order valence-electron chi connectivity index (χ3n) is 4.29. The molecule has 1 amide bonds. The Morgan fingerprint density at radius 3 is 2.64 bits per heavy atom. The van der Waals surface area contributed by atoms with Crippen LogP contribution in [0, 0.1) is 0 Å². The molecule has 0 saturated carbocycles. The van der Waals surface area contributed by atoms with Crippen molar-refractivity contribution in [1.82, 2.24) is 20.2 Å². The van der Waals surface area contributed by atoms with Crippen LogP contribution in [-0.4, -0.2) is 55.5 Å². The van der Waals surface area contributed by atoms with Crippen molar-refractivity contribution in [3.05, 3.63) is 36.2 Å². The van der Waals surface area contributed by atoms with E-state index in [9.17, 15) is 4.79 Å². The molecule has 0 unspecified atom stereocenters. The van der Waals surface area contributed by atoms with E-state index in [4.69, 9.17) is 4.98 Å². The topological polar surface area (TPSA) is 64.6 Å². The smallest absolute Gasteiger partial charge is 0.221 e. The van der Waals surface area contributed by atoms with Crippen molar-refractivity contribution in [3.63, 3.8) is 0 Å². The number of nitrogens with zero attached hydrogens (tertiary/aromatic N) is 5. The Labute approximate surface area is 148 Å². The Kier molecular flexibility index (Phi) is 4.85. The van der Waals surface area contributed by atoms with Crippen LogP contribution >= 0.6 is 0 Å². The van der Waals surface area contributed by atoms with Gasteiger partial charge >= 0.3 is 0 Å². The lowest BCUT2D eigenvalue weighted by molar-refractivity contribution is -0.121. The first kappa shape index (κ1) is 17.2. The third-order valence-corrected chi connectivity index (χ3v) is 4.29. The molecular formula is C18H24N6O. The van der Waals surface area contributed by atoms with E-state index in [0.717, 1.165) is 35.2 Å². The zero-order valence-corrected chi connectivity index (χ0v) is 15.2. The van der Waals surface area contributed by atoms with Crippen LogP contribution in [-0.2, 0) is 11.3 Å². The Morgan fingerprint density at radius 2 is 1.88 bits per heavy atom. The number of hydrogen-bond acceptors (Lipinski definition) is 6. The second-order valence-corrected chi connectivity index (χ2v) is 6.44. The number of carbonyl (C=O) groups excluding carboxylic acids is 1. The number of nitrogens with one attached hydrogen (secondary N) is 1. The van der Waals surface area contributed by atoms with Crippen LogP contribution < -0.4 is 15.1 Å². The van der Waals surface area contributed by atoms with Crippen molar-refractivity contribution in [1.29, 1.82) is 0 Å². The molecule has 0 spiro atoms. The van der Waals surface area contributed by atoms with Crippen molar-refractivity contribution in [2.24, 2.45) is 0 Å². The van der Waals surface area contributed by atoms with E-state index in [2.05, 4.69) is 15.2 Å². The van der Waals surface area contributed by atoms with Gasteiger partial charge in [-0.05, 0) is 38.4 Å². The van der Waals surface area contributed by atoms with Gasteiger partial charge in [-0.25, -0.2) is 9.97 Å². The molecule has 0 radical (unpaired) electrons. The molecule has 25 heavy (non-hydrogen) atoms. The first-order chi connectivity index (χ1) is 12.0. The third kappa shape index (κ3) is 3.56. The molecular weight excluding hydrogens is 316 g/mol. The monoisotopic (exact) mass is 340 g/mol. The summed E-state index contributed by atoms with van der Waals surface area (Å²) in [6.45, 7) is 1.16. The molecule has 3 rings (SSSR count). The molecule has 0 saturated heterocycles. The quantitative estimate of drug-likeness (QED) is 0.897. The number of anilines is 4. The highest BCUT2D eigenvalue weighted by atomic mass is 16.1. The van der Waals surface area contributed by atoms with Crippen LogP contribution in [0.1, 0.15) is 12.1 Å². The molecule has 1 aliphatic rings. The Morgan fingerprint density at radius 1 is 1.12 bits per heavy atom. The standard InChI is InChI=1S/C18H24N6O/c1-22(2)11-9-16(25)20-12-13-7-8-15-18(21-13)24(4)17-14(23(15)3)6-5-10-19-17/h5-8,10H,9,11-12H2,1-4H3,(H,20,25). The van der Waals surface area contributed by atoms with Crippen LogP contribution in [0.15, 0.2) is 30.5 Å². The van der Waals surface area contributed by atoms with Crippen molar-refractivity contribution >= 4 is 28.9 Å². The number of carbonyl (C=O) groups is 1. The van der Waals surface area contributed by atoms with Crippen molar-refractivity contribution in [2.75, 3.05) is 44.5 Å². The van der Waals surface area contributed by atoms with E-state index in [0.29, 0.717) is 13.0 Å². The van der Waals surface area contributed by atoms with Crippen molar-refractivity contribution in [2.45, 2.75) is 13.0 Å². The normalized spacial score (nSPS) is 12.8. The highest BCUT2D eigenvalue weighted by Crippen LogP contribution is 2.43. The fourth-order valence-corrected chi connectivity index (χ4v) is 2.83. The lowest BCUT2D eigenvalue weighted by atomic mass is 10.2. The summed E-state index contributed by atoms with van der Waals surface area (Å²) < 4.78 is 0. The van der Waals surface area contributed by atoms with E-state index >= 15 is 0 Å². The van der Waals surface area contributed by atoms with Crippen molar-refractivity contribution < 1.29 is 4.79 Å². The molecule has 3 heterocycles. The van der Waals surface area contributed by atoms with E-state index in [1.54, 1.807) is 6.20 Å². The number of aromatic nitrogens is 2. The molecule has 0 bridgehead atoms. The molecule has 1 aliphatic heterocycles. The second-order valence-electron chi connectivity index (χ2n) is 6.44. The zero-order chi connectivity index (χ0) is 18.0. The predicted octanol–water partition coefficient (Wildman–Crippen LogP) is 1.89. The average molecular weight is 340 g/mol. The molecule has 2 aromatic rings. The zero-order valence-electron chi connectivity index (χ0n) is 15.2. The van der Waals surface area contributed by atoms with Gasteiger partial charge < -0.3 is 20.0 Å². The van der Waals surface area contributed by atoms with Crippen LogP contribution in [0.3, 0.4) is 0 Å². The van der Waals surface area contributed by atoms with E-state index in [1.165, 1.54) is 0 Å². The summed E-state index contributed by atoms with van der Waals surface area (Å²) in [6.07, 6.45) is 2.26. The largest absolute Gasteiger partial charge is 0.350 e. The number of amides is 1. The summed E-state index contributed by atoms with van der Waals surface area (Å²) >= 11 is 0. The van der Waals surface area contributed by atoms with Gasteiger partial charge in [-0.1, -0.05) is 0 Å². The molecule has 2 aromatic heterocycles. The van der Waals surface area contributed by atoms with Gasteiger partial charge in [-0.2, -0.15) is 0 Å². The minimum absolute atomic E-state index is 0.0331. The summed E-state index contributed by atoms with van der Waals surface area (Å²) in [6, 6.07) is 7.97. The first-order valence-electron chi connectivity index (χ1n) is 8.31. The maximum absolute atomic E-state index is 11.9. The number of fused-ring (bicyclic) bond motifs is 2. The summed E-state index contributed by atoms with van der Waals surface area (Å²) in [5.74, 6) is 1.75. The minimum atomic E-state index is 0.0331. The highest BCUT2D eigenvalue weighted by molar-refractivity contribution is 5.88. The fourth-order valence-electron chi connectivity index (χ4n) is 2.83. The van der Waals surface area contributed by atoms with E-state index in [-0.39, 0.29) is 5.91 Å². The Bertz CT molecular complexity index is 776. The van der Waals surface area contributed by atoms with Crippen LogP contribution in [0.4, 0.5) is 23.0 Å². The van der Waals surface area contributed by atoms with Gasteiger partial charge in [0.2, 0.25) is 5.91 Å². The second kappa shape index (κ2) is 7.06. The maximum atomic E-state index is 11.9. The van der Waals surface area contributed by atoms with Crippen LogP contribution in [0.25, 0.3) is 0 Å². The Hall–Kier alpha value is -2.67. The summed E-state index contributed by atoms with van der Waals surface area (Å²) in [5, 5.41) is 2.93. The molecule has 132 valence electrons. The maximum Gasteiger partial charge on any atom is 0.221 e. The molecule has 7 nitrogen and oxygen atoms in total. The minimum Gasteiger partial charge on any atom is -0.350 e. The lowest BCUT2D eigenvalue weighted by Crippen LogP contribution is -2.29. The summed E-state index contributed by atoms with van der Waals surface area (Å²) in [7, 11) is 7.88. The average Bonchev–Trinajstić information content (AvgIpc) is 2.62. The molecule has 0 atom stereocenters. The van der Waals surface area contributed by atoms with Gasteiger partial charge in [0, 0.05) is 33.3 Å². The molecule has 7 heteroatoms. The van der Waals surface area contributed by atoms with Gasteiger partial charge in [0.1, 0.15) is 0 Å². The number of pyridine rings is 2. The van der Waals surface area contributed by atoms with Crippen molar-refractivity contribution in [3.8, 4) is 0 Å². The van der Waals surface area contributed by atoms with E-state index in [1.807, 2.05) is 62.3 Å². The molecule has 0 aliphatic carbocycles. The van der Waals surface area contributed by atoms with Gasteiger partial charge in [0.15, 0.2) is 11.6 Å². The lowest BCUT2D eigenvalue weighted by Gasteiger charge is -2.34. The molecule has 0 aromatic carbocycles. The van der Waals surface area contributed by atoms with Gasteiger partial charge in [-0.15, -0.1) is 0 Å². The molecule has 0 fully saturated rings. The Balaban J connectivity index is 1.75. The summed E-state index contributed by atoms with van der Waals surface area (Å²) in [4.78, 5) is 27.2. The van der Waals surface area contributed by atoms with Crippen LogP contribution in [0.5, 0.6) is 0 Å². The number of rotatable bonds is 5. The number of hydrogen-bond donors (Lipinski definition) is 1. The molecule has 1 N–H and O–H groups in total. The van der Waals surface area contributed by atoms with Gasteiger partial charge in [0.25, 0.3) is 0 Å². The first-order valence-corrected chi connectivity index (χ1v) is 8.31. The van der Waals surface area contributed by atoms with Gasteiger partial charge in [0.05, 0.1) is 23.6 Å². The predicted molar refractivity (Wildman–Crippen MR) is 99.6 cm³/mol. The SMILES string of the molecule is CN(C)CCC(=O)NCc1ccc2c(n1)N(C)c1ncccc1N2C. The van der Waals surface area contributed by atoms with E-state index < -0.39 is 0 Å². The fraction of sp³-hybridized carbons (Fsp3) is 0.389. The summed E-state index contributed by atoms with van der Waals surface area (Å²) in [5.41, 5.74) is 2.89.